The molecule has 0 atom stereocenters. The van der Waals surface area contributed by atoms with Crippen LogP contribution in [-0.4, -0.2) is 42.7 Å². The molecule has 0 aliphatic heterocycles. The van der Waals surface area contributed by atoms with Crippen LogP contribution in [0.1, 0.15) is 28.2 Å². The van der Waals surface area contributed by atoms with E-state index in [-0.39, 0.29) is 17.0 Å². The molecule has 1 aromatic heterocycles. The summed E-state index contributed by atoms with van der Waals surface area (Å²) in [5.41, 5.74) is 1.32. The minimum absolute atomic E-state index is 0.00856. The van der Waals surface area contributed by atoms with E-state index in [9.17, 15) is 22.0 Å². The maximum absolute atomic E-state index is 12.7. The van der Waals surface area contributed by atoms with Crippen molar-refractivity contribution in [1.29, 1.82) is 0 Å². The first-order chi connectivity index (χ1) is 13.2. The summed E-state index contributed by atoms with van der Waals surface area (Å²) in [6.45, 7) is -0.00856. The monoisotopic (exact) mass is 408 g/mol. The van der Waals surface area contributed by atoms with E-state index in [1.165, 1.54) is 38.4 Å². The highest BCUT2D eigenvalue weighted by Gasteiger charge is 2.21. The Labute approximate surface area is 160 Å². The number of fused-ring (bicyclic) bond motifs is 1. The Kier molecular flexibility index (Phi) is 5.43. The van der Waals surface area contributed by atoms with Crippen LogP contribution < -0.4 is 5.32 Å². The number of hydrogen-bond donors (Lipinski definition) is 2. The molecule has 3 aromatic rings. The molecule has 0 aliphatic carbocycles. The fraction of sp³-hybridized carbons (Fsp3) is 0.222. The molecular formula is C18H18F2N4O3S. The minimum Gasteiger partial charge on any atom is -0.348 e. The summed E-state index contributed by atoms with van der Waals surface area (Å²) in [5, 5.41) is 2.66. The summed E-state index contributed by atoms with van der Waals surface area (Å²) in [7, 11) is -0.799. The van der Waals surface area contributed by atoms with E-state index in [4.69, 9.17) is 0 Å². The predicted octanol–water partition coefficient (Wildman–Crippen LogP) is 2.68. The fourth-order valence-corrected chi connectivity index (χ4v) is 3.77. The molecule has 2 N–H and O–H groups in total. The van der Waals surface area contributed by atoms with Gasteiger partial charge in [-0.25, -0.2) is 26.5 Å². The molecule has 1 heterocycles. The van der Waals surface area contributed by atoms with E-state index in [1.807, 2.05) is 0 Å². The van der Waals surface area contributed by atoms with Gasteiger partial charge in [-0.3, -0.25) is 4.79 Å². The number of carbonyl (C=O) groups excluding carboxylic acids is 1. The quantitative estimate of drug-likeness (QED) is 0.656. The lowest BCUT2D eigenvalue weighted by atomic mass is 10.1. The van der Waals surface area contributed by atoms with Crippen LogP contribution in [0.5, 0.6) is 0 Å². The van der Waals surface area contributed by atoms with Crippen molar-refractivity contribution in [2.45, 2.75) is 17.9 Å². The first kappa shape index (κ1) is 19.9. The molecule has 28 heavy (non-hydrogen) atoms. The molecule has 7 nitrogen and oxygen atoms in total. The van der Waals surface area contributed by atoms with Crippen LogP contribution in [0.25, 0.3) is 11.0 Å². The largest absolute Gasteiger partial charge is 0.348 e. The van der Waals surface area contributed by atoms with Gasteiger partial charge >= 0.3 is 0 Å². The molecule has 0 bridgehead atoms. The van der Waals surface area contributed by atoms with Gasteiger partial charge in [-0.2, -0.15) is 0 Å². The third-order valence-electron chi connectivity index (χ3n) is 4.14. The van der Waals surface area contributed by atoms with Gasteiger partial charge in [0.05, 0.1) is 15.9 Å². The summed E-state index contributed by atoms with van der Waals surface area (Å²) >= 11 is 0. The molecule has 10 heteroatoms. The van der Waals surface area contributed by atoms with Crippen molar-refractivity contribution < 1.29 is 22.0 Å². The van der Waals surface area contributed by atoms with E-state index >= 15 is 0 Å². The number of nitrogens with one attached hydrogen (secondary N) is 2. The molecule has 0 fully saturated rings. The van der Waals surface area contributed by atoms with Crippen LogP contribution in [0, 0.1) is 0 Å². The highest BCUT2D eigenvalue weighted by molar-refractivity contribution is 7.89. The smallest absolute Gasteiger partial charge is 0.295 e. The van der Waals surface area contributed by atoms with Gasteiger partial charge in [-0.05, 0) is 29.8 Å². The topological polar surface area (TPSA) is 95.2 Å². The van der Waals surface area contributed by atoms with Crippen LogP contribution in [0.15, 0.2) is 47.4 Å². The third-order valence-corrected chi connectivity index (χ3v) is 6.06. The highest BCUT2D eigenvalue weighted by atomic mass is 32.2. The van der Waals surface area contributed by atoms with Gasteiger partial charge < -0.3 is 10.3 Å². The number of sulfonamides is 1. The maximum Gasteiger partial charge on any atom is 0.295 e. The summed E-state index contributed by atoms with van der Waals surface area (Å²) < 4.78 is 51.4. The van der Waals surface area contributed by atoms with E-state index < -0.39 is 28.2 Å². The number of carbonyl (C=O) groups is 1. The van der Waals surface area contributed by atoms with Crippen LogP contribution in [0.4, 0.5) is 8.78 Å². The molecule has 0 saturated carbocycles. The van der Waals surface area contributed by atoms with E-state index in [1.54, 1.807) is 18.2 Å². The number of alkyl halides is 2. The predicted molar refractivity (Wildman–Crippen MR) is 99.5 cm³/mol. The van der Waals surface area contributed by atoms with Crippen molar-refractivity contribution in [2.24, 2.45) is 0 Å². The second kappa shape index (κ2) is 7.64. The van der Waals surface area contributed by atoms with Crippen LogP contribution in [-0.2, 0) is 16.6 Å². The number of H-pyrrole nitrogens is 1. The zero-order chi connectivity index (χ0) is 20.5. The summed E-state index contributed by atoms with van der Waals surface area (Å²) in [6, 6.07) is 10.7. The first-order valence-electron chi connectivity index (χ1n) is 8.26. The second-order valence-corrected chi connectivity index (χ2v) is 8.35. The van der Waals surface area contributed by atoms with Crippen molar-refractivity contribution in [2.75, 3.05) is 14.1 Å². The van der Waals surface area contributed by atoms with Gasteiger partial charge in [0, 0.05) is 26.2 Å². The lowest BCUT2D eigenvalue weighted by molar-refractivity contribution is 0.0950. The lowest BCUT2D eigenvalue weighted by Gasteiger charge is -2.15. The average molecular weight is 408 g/mol. The Morgan fingerprint density at radius 1 is 1.21 bits per heavy atom. The number of nitrogens with zero attached hydrogens (tertiary/aromatic N) is 2. The van der Waals surface area contributed by atoms with Crippen LogP contribution in [0.2, 0.25) is 0 Å². The molecule has 0 radical (unpaired) electrons. The molecule has 3 rings (SSSR count). The van der Waals surface area contributed by atoms with E-state index in [2.05, 4.69) is 15.3 Å². The average Bonchev–Trinajstić information content (AvgIpc) is 3.09. The zero-order valence-corrected chi connectivity index (χ0v) is 15.9. The Hall–Kier alpha value is -2.85. The van der Waals surface area contributed by atoms with Gasteiger partial charge in [0.1, 0.15) is 0 Å². The van der Waals surface area contributed by atoms with Gasteiger partial charge in [-0.1, -0.05) is 18.2 Å². The van der Waals surface area contributed by atoms with Crippen LogP contribution >= 0.6 is 0 Å². The lowest BCUT2D eigenvalue weighted by Crippen LogP contribution is -2.27. The number of amides is 1. The molecule has 0 aliphatic rings. The SMILES string of the molecule is CN(C)S(=O)(=O)c1ccccc1CNC(=O)c1ccc2nc(C(F)F)[nH]c2c1. The zero-order valence-electron chi connectivity index (χ0n) is 15.1. The van der Waals surface area contributed by atoms with Gasteiger partial charge in [-0.15, -0.1) is 0 Å². The Bertz CT molecular complexity index is 1130. The fourth-order valence-electron chi connectivity index (χ4n) is 2.65. The number of aromatic nitrogens is 2. The van der Waals surface area contributed by atoms with Crippen molar-refractivity contribution in [3.8, 4) is 0 Å². The molecule has 0 unspecified atom stereocenters. The second-order valence-electron chi connectivity index (χ2n) is 6.23. The number of rotatable bonds is 6. The van der Waals surface area contributed by atoms with Gasteiger partial charge in [0.25, 0.3) is 12.3 Å². The Morgan fingerprint density at radius 2 is 1.93 bits per heavy atom. The van der Waals surface area contributed by atoms with Crippen molar-refractivity contribution in [1.82, 2.24) is 19.6 Å². The van der Waals surface area contributed by atoms with Gasteiger partial charge in [0.15, 0.2) is 5.82 Å². The van der Waals surface area contributed by atoms with E-state index in [0.717, 1.165) is 4.31 Å². The van der Waals surface area contributed by atoms with Crippen molar-refractivity contribution >= 4 is 27.0 Å². The molecule has 0 spiro atoms. The van der Waals surface area contributed by atoms with Crippen molar-refractivity contribution in [3.05, 3.63) is 59.4 Å². The van der Waals surface area contributed by atoms with Crippen molar-refractivity contribution in [3.63, 3.8) is 0 Å². The third kappa shape index (κ3) is 3.87. The highest BCUT2D eigenvalue weighted by Crippen LogP contribution is 2.21. The first-order valence-corrected chi connectivity index (χ1v) is 9.70. The minimum atomic E-state index is -3.66. The number of halogens is 2. The Balaban J connectivity index is 1.81. The maximum atomic E-state index is 12.7. The van der Waals surface area contributed by atoms with E-state index in [0.29, 0.717) is 16.6 Å². The molecule has 148 valence electrons. The number of aromatic amines is 1. The summed E-state index contributed by atoms with van der Waals surface area (Å²) in [5.74, 6) is -0.928. The van der Waals surface area contributed by atoms with Crippen LogP contribution in [0.3, 0.4) is 0 Å². The molecule has 2 aromatic carbocycles. The molecule has 1 amide bonds. The normalized spacial score (nSPS) is 12.1. The standard InChI is InChI=1S/C18H18F2N4O3S/c1-24(2)28(26,27)15-6-4-3-5-12(15)10-21-18(25)11-7-8-13-14(9-11)23-17(22-13)16(19)20/h3-9,16H,10H2,1-2H3,(H,21,25)(H,22,23). The number of benzene rings is 2. The Morgan fingerprint density at radius 3 is 2.61 bits per heavy atom. The number of imidazole rings is 1. The van der Waals surface area contributed by atoms with Gasteiger partial charge in [0.2, 0.25) is 10.0 Å². The summed E-state index contributed by atoms with van der Waals surface area (Å²) in [4.78, 5) is 18.8. The molecular weight excluding hydrogens is 390 g/mol. The number of hydrogen-bond acceptors (Lipinski definition) is 4. The molecule has 0 saturated heterocycles. The summed E-state index contributed by atoms with van der Waals surface area (Å²) in [6.07, 6.45) is -2.74.